The van der Waals surface area contributed by atoms with Crippen LogP contribution in [-0.2, 0) is 0 Å². The van der Waals surface area contributed by atoms with Gasteiger partial charge >= 0.3 is 0 Å². The molecule has 0 aromatic carbocycles. The lowest BCUT2D eigenvalue weighted by Gasteiger charge is -2.30. The first-order chi connectivity index (χ1) is 11.6. The number of rotatable bonds is 4. The van der Waals surface area contributed by atoms with Crippen molar-refractivity contribution in [3.05, 3.63) is 47.4 Å². The average molecular weight is 350 g/mol. The molecule has 0 saturated heterocycles. The first kappa shape index (κ1) is 16.6. The van der Waals surface area contributed by atoms with E-state index in [0.717, 1.165) is 25.5 Å². The van der Waals surface area contributed by atoms with Gasteiger partial charge in [0.2, 0.25) is 5.28 Å². The van der Waals surface area contributed by atoms with Crippen molar-refractivity contribution >= 4 is 23.3 Å². The van der Waals surface area contributed by atoms with Gasteiger partial charge in [-0.2, -0.15) is 4.98 Å². The Balaban J connectivity index is 1.60. The quantitative estimate of drug-likeness (QED) is 0.830. The van der Waals surface area contributed by atoms with Crippen molar-refractivity contribution in [3.63, 3.8) is 0 Å². The fourth-order valence-corrected chi connectivity index (χ4v) is 2.98. The van der Waals surface area contributed by atoms with Gasteiger partial charge in [0.15, 0.2) is 11.6 Å². The van der Waals surface area contributed by atoms with Crippen LogP contribution in [-0.4, -0.2) is 32.9 Å². The summed E-state index contributed by atoms with van der Waals surface area (Å²) in [5.74, 6) is -0.645. The minimum Gasteiger partial charge on any atom is -0.365 e. The summed E-state index contributed by atoms with van der Waals surface area (Å²) in [5, 5.41) is 6.03. The molecule has 0 spiro atoms. The molecule has 3 rings (SSSR count). The fraction of sp³-hybridized carbons (Fsp3) is 0.375. The maximum absolute atomic E-state index is 13.7. The molecule has 2 aromatic rings. The Morgan fingerprint density at radius 2 is 2.08 bits per heavy atom. The van der Waals surface area contributed by atoms with Crippen LogP contribution < -0.4 is 10.6 Å². The highest BCUT2D eigenvalue weighted by Gasteiger charge is 2.25. The lowest BCUT2D eigenvalue weighted by molar-refractivity contribution is 0.0921. The van der Waals surface area contributed by atoms with Crippen molar-refractivity contribution in [3.8, 4) is 0 Å². The van der Waals surface area contributed by atoms with Crippen LogP contribution in [0.3, 0.4) is 0 Å². The van der Waals surface area contributed by atoms with Crippen molar-refractivity contribution in [2.75, 3.05) is 5.32 Å². The van der Waals surface area contributed by atoms with Crippen LogP contribution in [0.4, 0.5) is 10.2 Å². The molecular weight excluding hydrogens is 333 g/mol. The van der Waals surface area contributed by atoms with Gasteiger partial charge in [-0.1, -0.05) is 6.07 Å². The molecule has 2 aromatic heterocycles. The van der Waals surface area contributed by atoms with Crippen LogP contribution in [0, 0.1) is 5.82 Å². The highest BCUT2D eigenvalue weighted by molar-refractivity contribution is 6.28. The van der Waals surface area contributed by atoms with E-state index in [1.165, 1.54) is 0 Å². The highest BCUT2D eigenvalue weighted by atomic mass is 35.5. The van der Waals surface area contributed by atoms with Crippen molar-refractivity contribution in [2.24, 2.45) is 0 Å². The summed E-state index contributed by atoms with van der Waals surface area (Å²) in [6, 6.07) is 5.22. The van der Waals surface area contributed by atoms with Gasteiger partial charge in [0.25, 0.3) is 5.91 Å². The number of anilines is 1. The van der Waals surface area contributed by atoms with Gasteiger partial charge in [0.05, 0.1) is 6.20 Å². The summed E-state index contributed by atoms with van der Waals surface area (Å²) in [4.78, 5) is 23.7. The topological polar surface area (TPSA) is 79.8 Å². The number of halogens is 2. The second kappa shape index (κ2) is 7.53. The van der Waals surface area contributed by atoms with Gasteiger partial charge in [-0.15, -0.1) is 0 Å². The van der Waals surface area contributed by atoms with E-state index in [0.29, 0.717) is 12.1 Å². The van der Waals surface area contributed by atoms with E-state index >= 15 is 0 Å². The average Bonchev–Trinajstić information content (AvgIpc) is 2.59. The number of nitrogens with one attached hydrogen (secondary N) is 2. The third-order valence-corrected chi connectivity index (χ3v) is 4.14. The number of hydrogen-bond acceptors (Lipinski definition) is 5. The highest BCUT2D eigenvalue weighted by Crippen LogP contribution is 2.23. The zero-order chi connectivity index (χ0) is 16.9. The van der Waals surface area contributed by atoms with Gasteiger partial charge in [-0.3, -0.25) is 9.78 Å². The molecule has 0 radical (unpaired) electrons. The van der Waals surface area contributed by atoms with E-state index in [2.05, 4.69) is 25.6 Å². The molecule has 24 heavy (non-hydrogen) atoms. The maximum atomic E-state index is 13.7. The molecule has 0 unspecified atom stereocenters. The predicted octanol–water partition coefficient (Wildman–Crippen LogP) is 2.82. The van der Waals surface area contributed by atoms with Crippen molar-refractivity contribution < 1.29 is 9.18 Å². The Morgan fingerprint density at radius 3 is 2.88 bits per heavy atom. The maximum Gasteiger partial charge on any atom is 0.270 e. The largest absolute Gasteiger partial charge is 0.365 e. The third kappa shape index (κ3) is 4.17. The smallest absolute Gasteiger partial charge is 0.270 e. The van der Waals surface area contributed by atoms with Gasteiger partial charge in [-0.05, 0) is 49.4 Å². The number of hydrogen-bond donors (Lipinski definition) is 2. The molecule has 2 N–H and O–H groups in total. The van der Waals surface area contributed by atoms with E-state index in [-0.39, 0.29) is 29.1 Å². The first-order valence-corrected chi connectivity index (χ1v) is 8.16. The van der Waals surface area contributed by atoms with Crippen LogP contribution in [0.2, 0.25) is 5.28 Å². The fourth-order valence-electron chi connectivity index (χ4n) is 2.85. The molecule has 2 heterocycles. The Kier molecular flexibility index (Phi) is 5.20. The zero-order valence-corrected chi connectivity index (χ0v) is 13.6. The molecule has 8 heteroatoms. The molecule has 6 nitrogen and oxygen atoms in total. The summed E-state index contributed by atoms with van der Waals surface area (Å²) in [6.45, 7) is 0. The Hall–Kier alpha value is -2.28. The number of carbonyl (C=O) groups excluding carboxylic acids is 1. The number of amides is 1. The summed E-state index contributed by atoms with van der Waals surface area (Å²) < 4.78 is 13.7. The van der Waals surface area contributed by atoms with Crippen LogP contribution in [0.15, 0.2) is 30.6 Å². The SMILES string of the molecule is O=C(N[C@H]1CCC[C@@H](Nc2nc(Cl)ncc2F)C1)c1ccccn1. The Bertz CT molecular complexity index is 715. The van der Waals surface area contributed by atoms with E-state index in [4.69, 9.17) is 11.6 Å². The molecule has 1 fully saturated rings. The second-order valence-electron chi connectivity index (χ2n) is 5.73. The molecule has 126 valence electrons. The number of aromatic nitrogens is 3. The molecule has 1 aliphatic rings. The first-order valence-electron chi connectivity index (χ1n) is 7.78. The third-order valence-electron chi connectivity index (χ3n) is 3.96. The van der Waals surface area contributed by atoms with Crippen molar-refractivity contribution in [2.45, 2.75) is 37.8 Å². The predicted molar refractivity (Wildman–Crippen MR) is 88.4 cm³/mol. The summed E-state index contributed by atoms with van der Waals surface area (Å²) in [6.07, 6.45) is 5.98. The van der Waals surface area contributed by atoms with Crippen LogP contribution in [0.1, 0.15) is 36.2 Å². The van der Waals surface area contributed by atoms with Gasteiger partial charge in [0.1, 0.15) is 5.69 Å². The number of carbonyl (C=O) groups is 1. The van der Waals surface area contributed by atoms with Gasteiger partial charge in [-0.25, -0.2) is 9.37 Å². The van der Waals surface area contributed by atoms with E-state index in [1.54, 1.807) is 24.4 Å². The molecule has 1 aliphatic carbocycles. The molecule has 0 bridgehead atoms. The normalized spacial score (nSPS) is 20.4. The standard InChI is InChI=1S/C16H17ClFN5O/c17-16-20-9-12(18)14(23-16)21-10-4-3-5-11(8-10)22-15(24)13-6-1-2-7-19-13/h1-2,6-7,9-11H,3-5,8H2,(H,22,24)(H,20,21,23)/t10-,11+/m1/s1. The van der Waals surface area contributed by atoms with E-state index in [9.17, 15) is 9.18 Å². The monoisotopic (exact) mass is 349 g/mol. The molecule has 2 atom stereocenters. The Labute approximate surface area is 143 Å². The van der Waals surface area contributed by atoms with Crippen molar-refractivity contribution in [1.82, 2.24) is 20.3 Å². The molecular formula is C16H17ClFN5O. The van der Waals surface area contributed by atoms with Crippen LogP contribution >= 0.6 is 11.6 Å². The minimum absolute atomic E-state index is 0.00489. The summed E-state index contributed by atoms with van der Waals surface area (Å²) in [7, 11) is 0. The lowest BCUT2D eigenvalue weighted by atomic mass is 9.91. The Morgan fingerprint density at radius 1 is 1.25 bits per heavy atom. The summed E-state index contributed by atoms with van der Waals surface area (Å²) >= 11 is 5.71. The molecule has 1 amide bonds. The van der Waals surface area contributed by atoms with Gasteiger partial charge < -0.3 is 10.6 Å². The molecule has 0 aliphatic heterocycles. The van der Waals surface area contributed by atoms with E-state index < -0.39 is 5.82 Å². The molecule has 1 saturated carbocycles. The van der Waals surface area contributed by atoms with E-state index in [1.807, 2.05) is 0 Å². The van der Waals surface area contributed by atoms with Gasteiger partial charge in [0, 0.05) is 18.3 Å². The number of nitrogens with zero attached hydrogens (tertiary/aromatic N) is 3. The van der Waals surface area contributed by atoms with Crippen LogP contribution in [0.25, 0.3) is 0 Å². The minimum atomic E-state index is -0.543. The zero-order valence-electron chi connectivity index (χ0n) is 12.9. The number of pyridine rings is 1. The lowest BCUT2D eigenvalue weighted by Crippen LogP contribution is -2.42. The van der Waals surface area contributed by atoms with Crippen LogP contribution in [0.5, 0.6) is 0 Å². The summed E-state index contributed by atoms with van der Waals surface area (Å²) in [5.41, 5.74) is 0.390. The second-order valence-corrected chi connectivity index (χ2v) is 6.07. The van der Waals surface area contributed by atoms with Crippen molar-refractivity contribution in [1.29, 1.82) is 0 Å².